The molecule has 0 saturated carbocycles. The van der Waals surface area contributed by atoms with Gasteiger partial charge in [-0.05, 0) is 40.7 Å². The van der Waals surface area contributed by atoms with Crippen LogP contribution in [0.4, 0.5) is 0 Å². The molecular formula is C22H28N2O2. The van der Waals surface area contributed by atoms with Crippen molar-refractivity contribution in [2.75, 3.05) is 0 Å². The Balaban J connectivity index is 2.39. The van der Waals surface area contributed by atoms with Gasteiger partial charge in [0, 0.05) is 16.7 Å². The maximum absolute atomic E-state index is 10.7. The molecule has 0 atom stereocenters. The van der Waals surface area contributed by atoms with E-state index in [1.807, 2.05) is 18.2 Å². The second-order valence-electron chi connectivity index (χ2n) is 8.51. The molecule has 0 aliphatic heterocycles. The lowest BCUT2D eigenvalue weighted by molar-refractivity contribution is 0.423. The van der Waals surface area contributed by atoms with Crippen LogP contribution in [0.15, 0.2) is 46.6 Å². The molecule has 2 N–H and O–H groups in total. The van der Waals surface area contributed by atoms with E-state index in [0.717, 1.165) is 16.7 Å². The van der Waals surface area contributed by atoms with Crippen molar-refractivity contribution in [3.8, 4) is 11.5 Å². The van der Waals surface area contributed by atoms with E-state index >= 15 is 0 Å². The van der Waals surface area contributed by atoms with Crippen molar-refractivity contribution < 1.29 is 10.2 Å². The Morgan fingerprint density at radius 2 is 1.27 bits per heavy atom. The van der Waals surface area contributed by atoms with Crippen LogP contribution in [0, 0.1) is 0 Å². The number of phenolic OH excluding ortho intramolecular Hbond substituents is 2. The van der Waals surface area contributed by atoms with Crippen molar-refractivity contribution >= 4 is 12.4 Å². The summed E-state index contributed by atoms with van der Waals surface area (Å²) in [5.41, 5.74) is 2.89. The average Bonchev–Trinajstić information content (AvgIpc) is 2.52. The molecule has 138 valence electrons. The van der Waals surface area contributed by atoms with Crippen molar-refractivity contribution in [2.45, 2.75) is 52.4 Å². The molecule has 2 rings (SSSR count). The van der Waals surface area contributed by atoms with Crippen molar-refractivity contribution in [3.05, 3.63) is 58.7 Å². The van der Waals surface area contributed by atoms with Gasteiger partial charge >= 0.3 is 0 Å². The van der Waals surface area contributed by atoms with E-state index in [2.05, 4.69) is 51.7 Å². The van der Waals surface area contributed by atoms with Crippen molar-refractivity contribution in [2.24, 2.45) is 10.2 Å². The van der Waals surface area contributed by atoms with E-state index in [-0.39, 0.29) is 16.6 Å². The summed E-state index contributed by atoms with van der Waals surface area (Å²) in [5.74, 6) is 0.515. The standard InChI is InChI=1S/C22H28N2O2/c1-21(2,3)17-11-15(12-18(20(17)26)22(4,5)6)13-23-24-14-16-9-7-8-10-19(16)25/h7-14,25-26H,1-6H3. The molecule has 0 spiro atoms. The van der Waals surface area contributed by atoms with E-state index in [0.29, 0.717) is 11.3 Å². The maximum atomic E-state index is 10.7. The number of hydrogen-bond donors (Lipinski definition) is 2. The van der Waals surface area contributed by atoms with E-state index in [9.17, 15) is 10.2 Å². The molecule has 0 aromatic heterocycles. The zero-order chi connectivity index (χ0) is 19.5. The lowest BCUT2D eigenvalue weighted by Crippen LogP contribution is -2.17. The molecule has 4 nitrogen and oxygen atoms in total. The summed E-state index contributed by atoms with van der Waals surface area (Å²) in [7, 11) is 0. The summed E-state index contributed by atoms with van der Waals surface area (Å²) < 4.78 is 0. The monoisotopic (exact) mass is 352 g/mol. The fraction of sp³-hybridized carbons (Fsp3) is 0.364. The summed E-state index contributed by atoms with van der Waals surface area (Å²) in [6.07, 6.45) is 3.18. The predicted molar refractivity (Wildman–Crippen MR) is 109 cm³/mol. The highest BCUT2D eigenvalue weighted by atomic mass is 16.3. The Bertz CT molecular complexity index is 803. The van der Waals surface area contributed by atoms with Gasteiger partial charge in [0.2, 0.25) is 0 Å². The van der Waals surface area contributed by atoms with Crippen molar-refractivity contribution in [3.63, 3.8) is 0 Å². The second-order valence-corrected chi connectivity index (χ2v) is 8.51. The summed E-state index contributed by atoms with van der Waals surface area (Å²) in [4.78, 5) is 0. The lowest BCUT2D eigenvalue weighted by atomic mass is 9.78. The van der Waals surface area contributed by atoms with Crippen LogP contribution < -0.4 is 0 Å². The Morgan fingerprint density at radius 1 is 0.769 bits per heavy atom. The Kier molecular flexibility index (Phi) is 5.55. The average molecular weight is 352 g/mol. The number of aromatic hydroxyl groups is 2. The molecule has 0 bridgehead atoms. The molecule has 26 heavy (non-hydrogen) atoms. The number of phenols is 2. The third-order valence-electron chi connectivity index (χ3n) is 4.16. The van der Waals surface area contributed by atoms with Crippen LogP contribution in [-0.2, 0) is 10.8 Å². The first kappa shape index (κ1) is 19.7. The number of hydrogen-bond acceptors (Lipinski definition) is 4. The highest BCUT2D eigenvalue weighted by molar-refractivity contribution is 5.85. The van der Waals surface area contributed by atoms with Crippen LogP contribution in [-0.4, -0.2) is 22.6 Å². The minimum atomic E-state index is -0.187. The second kappa shape index (κ2) is 7.32. The quantitative estimate of drug-likeness (QED) is 0.593. The minimum absolute atomic E-state index is 0.168. The molecule has 0 radical (unpaired) electrons. The molecule has 4 heteroatoms. The Labute approximate surface area is 155 Å². The first-order valence-corrected chi connectivity index (χ1v) is 8.72. The number of nitrogens with zero attached hydrogens (tertiary/aromatic N) is 2. The van der Waals surface area contributed by atoms with Gasteiger partial charge in [0.1, 0.15) is 11.5 Å². The number of rotatable bonds is 3. The van der Waals surface area contributed by atoms with Gasteiger partial charge < -0.3 is 10.2 Å². The molecule has 0 amide bonds. The van der Waals surface area contributed by atoms with E-state index in [1.54, 1.807) is 24.4 Å². The molecule has 0 aliphatic rings. The fourth-order valence-electron chi connectivity index (χ4n) is 2.67. The van der Waals surface area contributed by atoms with E-state index in [1.165, 1.54) is 6.21 Å². The topological polar surface area (TPSA) is 65.2 Å². The summed E-state index contributed by atoms with van der Waals surface area (Å²) in [5, 5.41) is 28.6. The largest absolute Gasteiger partial charge is 0.507 e. The van der Waals surface area contributed by atoms with Gasteiger partial charge in [-0.2, -0.15) is 10.2 Å². The Hall–Kier alpha value is -2.62. The third kappa shape index (κ3) is 4.72. The summed E-state index contributed by atoms with van der Waals surface area (Å²) >= 11 is 0. The van der Waals surface area contributed by atoms with Crippen LogP contribution in [0.5, 0.6) is 11.5 Å². The fourth-order valence-corrected chi connectivity index (χ4v) is 2.67. The van der Waals surface area contributed by atoms with Gasteiger partial charge in [0.25, 0.3) is 0 Å². The van der Waals surface area contributed by atoms with Crippen LogP contribution >= 0.6 is 0 Å². The predicted octanol–water partition coefficient (Wildman–Crippen LogP) is 5.15. The molecule has 0 saturated heterocycles. The smallest absolute Gasteiger partial charge is 0.124 e. The first-order chi connectivity index (χ1) is 12.0. The van der Waals surface area contributed by atoms with Gasteiger partial charge in [-0.1, -0.05) is 53.7 Å². The normalized spacial score (nSPS) is 13.0. The zero-order valence-corrected chi connectivity index (χ0v) is 16.4. The van der Waals surface area contributed by atoms with Crippen LogP contribution in [0.25, 0.3) is 0 Å². The highest BCUT2D eigenvalue weighted by Crippen LogP contribution is 2.39. The van der Waals surface area contributed by atoms with Gasteiger partial charge in [-0.25, -0.2) is 0 Å². The molecular weight excluding hydrogens is 324 g/mol. The molecule has 0 aliphatic carbocycles. The maximum Gasteiger partial charge on any atom is 0.124 e. The zero-order valence-electron chi connectivity index (χ0n) is 16.4. The van der Waals surface area contributed by atoms with Gasteiger partial charge in [-0.3, -0.25) is 0 Å². The molecule has 2 aromatic carbocycles. The van der Waals surface area contributed by atoms with Gasteiger partial charge in [0.15, 0.2) is 0 Å². The molecule has 0 fully saturated rings. The summed E-state index contributed by atoms with van der Waals surface area (Å²) in [6.45, 7) is 12.5. The van der Waals surface area contributed by atoms with Crippen LogP contribution in [0.3, 0.4) is 0 Å². The number of para-hydroxylation sites is 1. The third-order valence-corrected chi connectivity index (χ3v) is 4.16. The minimum Gasteiger partial charge on any atom is -0.507 e. The molecule has 0 unspecified atom stereocenters. The highest BCUT2D eigenvalue weighted by Gasteiger charge is 2.26. The first-order valence-electron chi connectivity index (χ1n) is 8.72. The van der Waals surface area contributed by atoms with Crippen molar-refractivity contribution in [1.29, 1.82) is 0 Å². The molecule has 0 heterocycles. The molecule has 2 aromatic rings. The lowest BCUT2D eigenvalue weighted by Gasteiger charge is -2.27. The van der Waals surface area contributed by atoms with E-state index < -0.39 is 0 Å². The summed E-state index contributed by atoms with van der Waals surface area (Å²) in [6, 6.07) is 10.9. The van der Waals surface area contributed by atoms with E-state index in [4.69, 9.17) is 0 Å². The van der Waals surface area contributed by atoms with Gasteiger partial charge in [-0.15, -0.1) is 0 Å². The van der Waals surface area contributed by atoms with Gasteiger partial charge in [0.05, 0.1) is 12.4 Å². The SMILES string of the molecule is CC(C)(C)c1cc(C=NN=Cc2ccccc2O)cc(C(C)(C)C)c1O. The van der Waals surface area contributed by atoms with Crippen molar-refractivity contribution in [1.82, 2.24) is 0 Å². The number of benzene rings is 2. The Morgan fingerprint density at radius 3 is 1.77 bits per heavy atom. The van der Waals surface area contributed by atoms with Crippen LogP contribution in [0.1, 0.15) is 63.8 Å². The van der Waals surface area contributed by atoms with Crippen LogP contribution in [0.2, 0.25) is 0 Å².